The first-order valence-corrected chi connectivity index (χ1v) is 8.06. The van der Waals surface area contributed by atoms with Crippen molar-refractivity contribution in [3.8, 4) is 17.1 Å². The van der Waals surface area contributed by atoms with Crippen molar-refractivity contribution >= 4 is 41.6 Å². The minimum Gasteiger partial charge on any atom is -0.497 e. The Morgan fingerprint density at radius 1 is 1.21 bits per heavy atom. The van der Waals surface area contributed by atoms with E-state index < -0.39 is 0 Å². The van der Waals surface area contributed by atoms with Crippen LogP contribution in [0.2, 0.25) is 10.0 Å². The van der Waals surface area contributed by atoms with Gasteiger partial charge in [-0.2, -0.15) is 14.9 Å². The van der Waals surface area contributed by atoms with E-state index in [1.807, 2.05) is 30.3 Å². The Balaban J connectivity index is 1.99. The molecule has 0 bridgehead atoms. The van der Waals surface area contributed by atoms with Crippen LogP contribution in [0.5, 0.6) is 5.75 Å². The van der Waals surface area contributed by atoms with Crippen LogP contribution in [0.4, 0.5) is 0 Å². The molecule has 2 aromatic carbocycles. The molecule has 1 aromatic heterocycles. The first kappa shape index (κ1) is 16.7. The van der Waals surface area contributed by atoms with Gasteiger partial charge in [-0.15, -0.1) is 0 Å². The Labute approximate surface area is 153 Å². The predicted molar refractivity (Wildman–Crippen MR) is 98.9 cm³/mol. The molecule has 0 aliphatic carbocycles. The van der Waals surface area contributed by atoms with E-state index in [4.69, 9.17) is 40.2 Å². The lowest BCUT2D eigenvalue weighted by atomic mass is 10.2. The second-order valence-corrected chi connectivity index (χ2v) is 6.02. The van der Waals surface area contributed by atoms with Gasteiger partial charge in [0.25, 0.3) is 0 Å². The Morgan fingerprint density at radius 3 is 2.79 bits per heavy atom. The number of hydrogen-bond acceptors (Lipinski definition) is 4. The number of benzene rings is 2. The fraction of sp³-hybridized carbons (Fsp3) is 0.0625. The number of aromatic amines is 1. The molecule has 122 valence electrons. The van der Waals surface area contributed by atoms with E-state index in [0.29, 0.717) is 20.6 Å². The minimum absolute atomic E-state index is 0.379. The standard InChI is InChI=1S/C16H12Cl2N4OS/c1-23-12-4-2-3-11(8-12)15-20-21-16(24)22(15)19-9-10-5-6-13(17)14(18)7-10/h2-9H,1H3,(H,21,24)/b19-9-. The highest BCUT2D eigenvalue weighted by Gasteiger charge is 2.09. The van der Waals surface area contributed by atoms with Gasteiger partial charge in [0.05, 0.1) is 23.4 Å². The van der Waals surface area contributed by atoms with Crippen LogP contribution in [-0.4, -0.2) is 28.2 Å². The summed E-state index contributed by atoms with van der Waals surface area (Å²) < 4.78 is 7.15. The SMILES string of the molecule is COc1cccc(-c2n[nH]c(=S)n2/N=C\c2ccc(Cl)c(Cl)c2)c1. The fourth-order valence-corrected chi connectivity index (χ4v) is 2.55. The highest BCUT2D eigenvalue weighted by Crippen LogP contribution is 2.23. The molecule has 0 saturated heterocycles. The lowest BCUT2D eigenvalue weighted by Gasteiger charge is -2.04. The van der Waals surface area contributed by atoms with E-state index in [1.165, 1.54) is 4.68 Å². The zero-order valence-electron chi connectivity index (χ0n) is 12.5. The van der Waals surface area contributed by atoms with Gasteiger partial charge in [0.2, 0.25) is 4.77 Å². The lowest BCUT2D eigenvalue weighted by molar-refractivity contribution is 0.415. The molecule has 3 rings (SSSR count). The first-order chi connectivity index (χ1) is 11.6. The van der Waals surface area contributed by atoms with Gasteiger partial charge in [0.15, 0.2) is 5.82 Å². The minimum atomic E-state index is 0.379. The number of methoxy groups -OCH3 is 1. The monoisotopic (exact) mass is 378 g/mol. The van der Waals surface area contributed by atoms with Crippen LogP contribution in [0.3, 0.4) is 0 Å². The van der Waals surface area contributed by atoms with Crippen LogP contribution < -0.4 is 4.74 Å². The Morgan fingerprint density at radius 2 is 2.04 bits per heavy atom. The van der Waals surface area contributed by atoms with Crippen LogP contribution in [0.25, 0.3) is 11.4 Å². The van der Waals surface area contributed by atoms with Gasteiger partial charge >= 0.3 is 0 Å². The van der Waals surface area contributed by atoms with Crippen molar-refractivity contribution in [1.29, 1.82) is 0 Å². The van der Waals surface area contributed by atoms with Crippen LogP contribution in [0.15, 0.2) is 47.6 Å². The maximum atomic E-state index is 6.01. The van der Waals surface area contributed by atoms with E-state index in [2.05, 4.69) is 15.3 Å². The molecule has 8 heteroatoms. The third-order valence-corrected chi connectivity index (χ3v) is 4.25. The molecule has 5 nitrogen and oxygen atoms in total. The molecule has 24 heavy (non-hydrogen) atoms. The summed E-state index contributed by atoms with van der Waals surface area (Å²) in [6.45, 7) is 0. The molecule has 1 heterocycles. The molecular weight excluding hydrogens is 367 g/mol. The lowest BCUT2D eigenvalue weighted by Crippen LogP contribution is -1.95. The molecule has 0 unspecified atom stereocenters. The second-order valence-electron chi connectivity index (χ2n) is 4.81. The summed E-state index contributed by atoms with van der Waals surface area (Å²) in [6, 6.07) is 12.7. The normalized spacial score (nSPS) is 11.1. The summed E-state index contributed by atoms with van der Waals surface area (Å²) in [5.41, 5.74) is 1.62. The van der Waals surface area contributed by atoms with E-state index in [-0.39, 0.29) is 0 Å². The highest BCUT2D eigenvalue weighted by atomic mass is 35.5. The third-order valence-electron chi connectivity index (χ3n) is 3.24. The maximum Gasteiger partial charge on any atom is 0.216 e. The largest absolute Gasteiger partial charge is 0.497 e. The van der Waals surface area contributed by atoms with Gasteiger partial charge in [-0.25, -0.2) is 5.10 Å². The molecule has 3 aromatic rings. The van der Waals surface area contributed by atoms with Crippen LogP contribution in [0, 0.1) is 4.77 Å². The van der Waals surface area contributed by atoms with Gasteiger partial charge in [0, 0.05) is 5.56 Å². The Kier molecular flexibility index (Phi) is 4.99. The van der Waals surface area contributed by atoms with Gasteiger partial charge in [0.1, 0.15) is 5.75 Å². The summed E-state index contributed by atoms with van der Waals surface area (Å²) >= 11 is 17.2. The van der Waals surface area contributed by atoms with Gasteiger partial charge < -0.3 is 4.74 Å². The first-order valence-electron chi connectivity index (χ1n) is 6.90. The van der Waals surface area contributed by atoms with E-state index in [9.17, 15) is 0 Å². The molecule has 0 spiro atoms. The maximum absolute atomic E-state index is 6.01. The van der Waals surface area contributed by atoms with Crippen LogP contribution in [-0.2, 0) is 0 Å². The number of ether oxygens (including phenoxy) is 1. The molecule has 0 amide bonds. The second kappa shape index (κ2) is 7.17. The molecule has 1 N–H and O–H groups in total. The van der Waals surface area contributed by atoms with Crippen molar-refractivity contribution in [2.45, 2.75) is 0 Å². The number of aromatic nitrogens is 3. The van der Waals surface area contributed by atoms with Gasteiger partial charge in [-0.3, -0.25) is 0 Å². The number of halogens is 2. The summed E-state index contributed by atoms with van der Waals surface area (Å²) in [5.74, 6) is 1.30. The van der Waals surface area contributed by atoms with Crippen molar-refractivity contribution in [2.24, 2.45) is 5.10 Å². The van der Waals surface area contributed by atoms with Crippen LogP contribution >= 0.6 is 35.4 Å². The number of nitrogens with one attached hydrogen (secondary N) is 1. The average Bonchev–Trinajstić information content (AvgIpc) is 2.97. The predicted octanol–water partition coefficient (Wildman–Crippen LogP) is 4.81. The molecule has 0 radical (unpaired) electrons. The molecule has 0 aliphatic rings. The average molecular weight is 379 g/mol. The quantitative estimate of drug-likeness (QED) is 0.523. The molecule has 0 aliphatic heterocycles. The Bertz CT molecular complexity index is 965. The number of nitrogens with zero attached hydrogens (tertiary/aromatic N) is 3. The van der Waals surface area contributed by atoms with E-state index >= 15 is 0 Å². The van der Waals surface area contributed by atoms with Gasteiger partial charge in [-0.05, 0) is 42.0 Å². The summed E-state index contributed by atoms with van der Waals surface area (Å²) in [6.07, 6.45) is 1.64. The van der Waals surface area contributed by atoms with Crippen LogP contribution in [0.1, 0.15) is 5.56 Å². The van der Waals surface area contributed by atoms with Crippen molar-refractivity contribution in [2.75, 3.05) is 7.11 Å². The van der Waals surface area contributed by atoms with Crippen molar-refractivity contribution in [1.82, 2.24) is 14.9 Å². The molecule has 0 atom stereocenters. The van der Waals surface area contributed by atoms with E-state index in [1.54, 1.807) is 25.5 Å². The number of hydrogen-bond donors (Lipinski definition) is 1. The zero-order chi connectivity index (χ0) is 17.1. The van der Waals surface area contributed by atoms with E-state index in [0.717, 1.165) is 16.9 Å². The highest BCUT2D eigenvalue weighted by molar-refractivity contribution is 7.71. The number of rotatable bonds is 4. The van der Waals surface area contributed by atoms with Crippen molar-refractivity contribution in [3.63, 3.8) is 0 Å². The fourth-order valence-electron chi connectivity index (χ4n) is 2.06. The van der Waals surface area contributed by atoms with Crippen molar-refractivity contribution in [3.05, 3.63) is 62.8 Å². The zero-order valence-corrected chi connectivity index (χ0v) is 14.9. The molecule has 0 saturated carbocycles. The summed E-state index contributed by atoms with van der Waals surface area (Å²) in [5, 5.41) is 12.3. The van der Waals surface area contributed by atoms with Crippen molar-refractivity contribution < 1.29 is 4.74 Å². The Hall–Kier alpha value is -2.15. The summed E-state index contributed by atoms with van der Waals surface area (Å²) in [4.78, 5) is 0. The number of H-pyrrole nitrogens is 1. The topological polar surface area (TPSA) is 55.2 Å². The third kappa shape index (κ3) is 3.51. The molecular formula is C16H12Cl2N4OS. The molecule has 0 fully saturated rings. The van der Waals surface area contributed by atoms with Gasteiger partial charge in [-0.1, -0.05) is 41.4 Å². The summed E-state index contributed by atoms with van der Waals surface area (Å²) in [7, 11) is 1.61. The smallest absolute Gasteiger partial charge is 0.216 e.